The van der Waals surface area contributed by atoms with Crippen molar-refractivity contribution in [3.05, 3.63) is 36.2 Å². The van der Waals surface area contributed by atoms with Crippen molar-refractivity contribution < 1.29 is 0 Å². The maximum absolute atomic E-state index is 5.51. The van der Waals surface area contributed by atoms with Crippen molar-refractivity contribution in [3.63, 3.8) is 0 Å². The monoisotopic (exact) mass is 215 g/mol. The SMILES string of the molecule is CC(CCCN)c1cnc2ccccc2n1. The molecule has 0 aliphatic carbocycles. The smallest absolute Gasteiger partial charge is 0.0890 e. The molecule has 0 aliphatic heterocycles. The fraction of sp³-hybridized carbons (Fsp3) is 0.385. The number of hydrogen-bond acceptors (Lipinski definition) is 3. The van der Waals surface area contributed by atoms with E-state index in [1.54, 1.807) is 0 Å². The number of aromatic nitrogens is 2. The van der Waals surface area contributed by atoms with E-state index in [0.29, 0.717) is 5.92 Å². The van der Waals surface area contributed by atoms with E-state index in [1.165, 1.54) is 0 Å². The fourth-order valence-corrected chi connectivity index (χ4v) is 1.78. The molecule has 1 aromatic heterocycles. The lowest BCUT2D eigenvalue weighted by molar-refractivity contribution is 0.626. The largest absolute Gasteiger partial charge is 0.330 e. The van der Waals surface area contributed by atoms with Crippen molar-refractivity contribution in [1.82, 2.24) is 9.97 Å². The number of nitrogens with zero attached hydrogens (tertiary/aromatic N) is 2. The van der Waals surface area contributed by atoms with Crippen LogP contribution in [0.3, 0.4) is 0 Å². The Bertz CT molecular complexity index is 467. The van der Waals surface area contributed by atoms with Crippen LogP contribution in [0.4, 0.5) is 0 Å². The number of nitrogens with two attached hydrogens (primary N) is 1. The van der Waals surface area contributed by atoms with Crippen LogP contribution in [0.5, 0.6) is 0 Å². The first-order valence-electron chi connectivity index (χ1n) is 5.73. The lowest BCUT2D eigenvalue weighted by Crippen LogP contribution is -2.03. The first-order chi connectivity index (χ1) is 7.81. The normalized spacial score (nSPS) is 12.9. The third-order valence-electron chi connectivity index (χ3n) is 2.81. The van der Waals surface area contributed by atoms with Crippen molar-refractivity contribution in [3.8, 4) is 0 Å². The zero-order chi connectivity index (χ0) is 11.4. The molecule has 0 aliphatic rings. The summed E-state index contributed by atoms with van der Waals surface area (Å²) in [6.07, 6.45) is 3.99. The van der Waals surface area contributed by atoms with Gasteiger partial charge in [0.25, 0.3) is 0 Å². The quantitative estimate of drug-likeness (QED) is 0.852. The molecule has 3 heteroatoms. The molecular formula is C13H17N3. The Labute approximate surface area is 95.7 Å². The van der Waals surface area contributed by atoms with Gasteiger partial charge >= 0.3 is 0 Å². The highest BCUT2D eigenvalue weighted by Crippen LogP contribution is 2.19. The predicted molar refractivity (Wildman–Crippen MR) is 66.2 cm³/mol. The topological polar surface area (TPSA) is 51.8 Å². The minimum Gasteiger partial charge on any atom is -0.330 e. The molecule has 0 saturated heterocycles. The van der Waals surface area contributed by atoms with Crippen LogP contribution in [0.1, 0.15) is 31.4 Å². The van der Waals surface area contributed by atoms with Crippen LogP contribution in [0.2, 0.25) is 0 Å². The molecule has 0 fully saturated rings. The van der Waals surface area contributed by atoms with E-state index in [1.807, 2.05) is 30.5 Å². The standard InChI is InChI=1S/C13H17N3/c1-10(5-4-8-14)13-9-15-11-6-2-3-7-12(11)16-13/h2-3,6-7,9-10H,4-5,8,14H2,1H3. The molecule has 0 saturated carbocycles. The van der Waals surface area contributed by atoms with Crippen LogP contribution >= 0.6 is 0 Å². The zero-order valence-corrected chi connectivity index (χ0v) is 9.56. The van der Waals surface area contributed by atoms with Crippen molar-refractivity contribution >= 4 is 11.0 Å². The third kappa shape index (κ3) is 2.36. The Hall–Kier alpha value is -1.48. The molecule has 1 heterocycles. The summed E-state index contributed by atoms with van der Waals surface area (Å²) in [4.78, 5) is 9.04. The van der Waals surface area contributed by atoms with Gasteiger partial charge in [-0.05, 0) is 37.4 Å². The van der Waals surface area contributed by atoms with Gasteiger partial charge in [-0.2, -0.15) is 0 Å². The van der Waals surface area contributed by atoms with E-state index in [-0.39, 0.29) is 0 Å². The van der Waals surface area contributed by atoms with Crippen LogP contribution in [-0.4, -0.2) is 16.5 Å². The van der Waals surface area contributed by atoms with Crippen LogP contribution in [0.25, 0.3) is 11.0 Å². The van der Waals surface area contributed by atoms with Crippen molar-refractivity contribution in [2.24, 2.45) is 5.73 Å². The lowest BCUT2D eigenvalue weighted by atomic mass is 10.0. The van der Waals surface area contributed by atoms with E-state index >= 15 is 0 Å². The van der Waals surface area contributed by atoms with Crippen molar-refractivity contribution in [2.45, 2.75) is 25.7 Å². The Balaban J connectivity index is 2.25. The molecule has 1 aromatic carbocycles. The number of benzene rings is 1. The van der Waals surface area contributed by atoms with E-state index in [2.05, 4.69) is 16.9 Å². The average molecular weight is 215 g/mol. The molecule has 1 atom stereocenters. The minimum atomic E-state index is 0.431. The summed E-state index contributed by atoms with van der Waals surface area (Å²) in [6.45, 7) is 2.92. The molecule has 0 radical (unpaired) electrons. The van der Waals surface area contributed by atoms with Gasteiger partial charge in [0.2, 0.25) is 0 Å². The summed E-state index contributed by atoms with van der Waals surface area (Å²) in [5.74, 6) is 0.431. The second-order valence-corrected chi connectivity index (χ2v) is 4.12. The summed E-state index contributed by atoms with van der Waals surface area (Å²) < 4.78 is 0. The van der Waals surface area contributed by atoms with E-state index in [0.717, 1.165) is 36.1 Å². The molecule has 2 N–H and O–H groups in total. The molecular weight excluding hydrogens is 198 g/mol. The van der Waals surface area contributed by atoms with Gasteiger partial charge in [0, 0.05) is 6.20 Å². The number of rotatable bonds is 4. The van der Waals surface area contributed by atoms with Crippen LogP contribution in [-0.2, 0) is 0 Å². The van der Waals surface area contributed by atoms with E-state index in [9.17, 15) is 0 Å². The van der Waals surface area contributed by atoms with Gasteiger partial charge in [0.05, 0.1) is 16.7 Å². The van der Waals surface area contributed by atoms with Gasteiger partial charge in [-0.15, -0.1) is 0 Å². The summed E-state index contributed by atoms with van der Waals surface area (Å²) >= 11 is 0. The summed E-state index contributed by atoms with van der Waals surface area (Å²) in [7, 11) is 0. The van der Waals surface area contributed by atoms with Gasteiger partial charge in [-0.1, -0.05) is 19.1 Å². The summed E-state index contributed by atoms with van der Waals surface area (Å²) in [6, 6.07) is 7.96. The van der Waals surface area contributed by atoms with Gasteiger partial charge < -0.3 is 5.73 Å². The molecule has 2 rings (SSSR count). The van der Waals surface area contributed by atoms with Gasteiger partial charge in [-0.25, -0.2) is 4.98 Å². The molecule has 3 nitrogen and oxygen atoms in total. The first-order valence-corrected chi connectivity index (χ1v) is 5.73. The highest BCUT2D eigenvalue weighted by atomic mass is 14.8. The van der Waals surface area contributed by atoms with Gasteiger partial charge in [-0.3, -0.25) is 4.98 Å². The highest BCUT2D eigenvalue weighted by molar-refractivity contribution is 5.73. The maximum Gasteiger partial charge on any atom is 0.0890 e. The van der Waals surface area contributed by atoms with Crippen molar-refractivity contribution in [1.29, 1.82) is 0 Å². The Morgan fingerprint density at radius 3 is 2.75 bits per heavy atom. The Morgan fingerprint density at radius 2 is 2.00 bits per heavy atom. The first kappa shape index (κ1) is 11.0. The number of fused-ring (bicyclic) bond motifs is 1. The fourth-order valence-electron chi connectivity index (χ4n) is 1.78. The molecule has 0 bridgehead atoms. The van der Waals surface area contributed by atoms with E-state index in [4.69, 9.17) is 5.73 Å². The van der Waals surface area contributed by atoms with Crippen LogP contribution < -0.4 is 5.73 Å². The third-order valence-corrected chi connectivity index (χ3v) is 2.81. The predicted octanol–water partition coefficient (Wildman–Crippen LogP) is 2.47. The summed E-state index contributed by atoms with van der Waals surface area (Å²) in [5.41, 5.74) is 8.50. The maximum atomic E-state index is 5.51. The highest BCUT2D eigenvalue weighted by Gasteiger charge is 2.07. The van der Waals surface area contributed by atoms with Crippen LogP contribution in [0.15, 0.2) is 30.5 Å². The average Bonchev–Trinajstić information content (AvgIpc) is 2.35. The Kier molecular flexibility index (Phi) is 3.47. The molecule has 16 heavy (non-hydrogen) atoms. The van der Waals surface area contributed by atoms with E-state index < -0.39 is 0 Å². The number of hydrogen-bond donors (Lipinski definition) is 1. The molecule has 0 spiro atoms. The lowest BCUT2D eigenvalue weighted by Gasteiger charge is -2.10. The van der Waals surface area contributed by atoms with Gasteiger partial charge in [0.15, 0.2) is 0 Å². The second kappa shape index (κ2) is 5.03. The summed E-state index contributed by atoms with van der Waals surface area (Å²) in [5, 5.41) is 0. The zero-order valence-electron chi connectivity index (χ0n) is 9.56. The number of para-hydroxylation sites is 2. The van der Waals surface area contributed by atoms with Crippen LogP contribution in [0, 0.1) is 0 Å². The van der Waals surface area contributed by atoms with Gasteiger partial charge in [0.1, 0.15) is 0 Å². The molecule has 1 unspecified atom stereocenters. The Morgan fingerprint density at radius 1 is 1.25 bits per heavy atom. The molecule has 84 valence electrons. The minimum absolute atomic E-state index is 0.431. The van der Waals surface area contributed by atoms with Crippen molar-refractivity contribution in [2.75, 3.05) is 6.54 Å². The second-order valence-electron chi connectivity index (χ2n) is 4.12. The molecule has 0 amide bonds. The molecule has 2 aromatic rings.